The van der Waals surface area contributed by atoms with E-state index in [1.54, 1.807) is 26.2 Å². The Morgan fingerprint density at radius 3 is 2.84 bits per heavy atom. The number of aromatic nitrogens is 4. The van der Waals surface area contributed by atoms with Crippen molar-refractivity contribution in [1.82, 2.24) is 24.8 Å². The van der Waals surface area contributed by atoms with E-state index in [2.05, 4.69) is 25.9 Å². The summed E-state index contributed by atoms with van der Waals surface area (Å²) in [6.45, 7) is 3.47. The van der Waals surface area contributed by atoms with E-state index in [1.165, 1.54) is 0 Å². The Bertz CT molecular complexity index is 1140. The Morgan fingerprint density at radius 2 is 2.16 bits per heavy atom. The number of aromatic amines is 1. The molecular formula is C22H27ClN6O2. The number of imidazole rings is 1. The van der Waals surface area contributed by atoms with Gasteiger partial charge in [-0.15, -0.1) is 0 Å². The fraction of sp³-hybridized carbons (Fsp3) is 0.545. The summed E-state index contributed by atoms with van der Waals surface area (Å²) < 4.78 is 2.16. The van der Waals surface area contributed by atoms with Gasteiger partial charge in [-0.1, -0.05) is 11.6 Å². The van der Waals surface area contributed by atoms with Crippen molar-refractivity contribution in [3.8, 4) is 6.07 Å². The number of fused-ring (bicyclic) bond motifs is 3. The topological polar surface area (TPSA) is 120 Å². The summed E-state index contributed by atoms with van der Waals surface area (Å²) in [7, 11) is 0. The zero-order valence-electron chi connectivity index (χ0n) is 17.8. The second-order valence-electron chi connectivity index (χ2n) is 9.05. The SMILES string of the molecule is CC(C)(O)CNC(=O)Cc1nc2cnc3[nH]cc(Cl)c3c2n1C1CCC(CC#N)CC1. The number of H-pyrrole nitrogens is 1. The molecule has 0 spiro atoms. The first-order valence-electron chi connectivity index (χ1n) is 10.6. The lowest BCUT2D eigenvalue weighted by molar-refractivity contribution is -0.121. The van der Waals surface area contributed by atoms with Crippen molar-refractivity contribution in [2.24, 2.45) is 5.92 Å². The van der Waals surface area contributed by atoms with Gasteiger partial charge in [0.2, 0.25) is 5.91 Å². The number of aliphatic hydroxyl groups is 1. The molecule has 1 aliphatic carbocycles. The first kappa shape index (κ1) is 21.6. The van der Waals surface area contributed by atoms with Crippen LogP contribution in [-0.4, -0.2) is 42.7 Å². The standard InChI is InChI=1S/C22H27ClN6O2/c1-22(2,31)12-27-18(30)9-17-28-16-11-26-21-19(15(23)10-25-21)20(16)29(17)14-5-3-13(4-6-14)7-8-24/h10-11,13-14,31H,3-7,9,12H2,1-2H3,(H,25,26)(H,27,30). The lowest BCUT2D eigenvalue weighted by Gasteiger charge is -2.30. The zero-order valence-corrected chi connectivity index (χ0v) is 18.5. The van der Waals surface area contributed by atoms with E-state index in [9.17, 15) is 9.90 Å². The molecular weight excluding hydrogens is 416 g/mol. The highest BCUT2D eigenvalue weighted by atomic mass is 35.5. The lowest BCUT2D eigenvalue weighted by Crippen LogP contribution is -2.39. The van der Waals surface area contributed by atoms with Gasteiger partial charge in [-0.05, 0) is 45.4 Å². The van der Waals surface area contributed by atoms with Crippen LogP contribution in [0.4, 0.5) is 0 Å². The minimum absolute atomic E-state index is 0.104. The van der Waals surface area contributed by atoms with Gasteiger partial charge >= 0.3 is 0 Å². The number of amides is 1. The van der Waals surface area contributed by atoms with Gasteiger partial charge in [-0.2, -0.15) is 5.26 Å². The minimum atomic E-state index is -0.982. The highest BCUT2D eigenvalue weighted by Crippen LogP contribution is 2.39. The molecule has 3 heterocycles. The van der Waals surface area contributed by atoms with Gasteiger partial charge in [-0.3, -0.25) is 4.79 Å². The molecule has 1 fully saturated rings. The summed E-state index contributed by atoms with van der Waals surface area (Å²) in [6.07, 6.45) is 7.89. The molecule has 0 atom stereocenters. The maximum Gasteiger partial charge on any atom is 0.227 e. The Labute approximate surface area is 185 Å². The van der Waals surface area contributed by atoms with Crippen LogP contribution in [0, 0.1) is 17.2 Å². The van der Waals surface area contributed by atoms with Crippen LogP contribution >= 0.6 is 11.6 Å². The van der Waals surface area contributed by atoms with Gasteiger partial charge in [0, 0.05) is 25.2 Å². The lowest BCUT2D eigenvalue weighted by atomic mass is 9.84. The number of halogens is 1. The summed E-state index contributed by atoms with van der Waals surface area (Å²) >= 11 is 6.49. The molecule has 1 amide bonds. The summed E-state index contributed by atoms with van der Waals surface area (Å²) in [4.78, 5) is 24.9. The van der Waals surface area contributed by atoms with Crippen molar-refractivity contribution < 1.29 is 9.90 Å². The maximum absolute atomic E-state index is 12.6. The van der Waals surface area contributed by atoms with E-state index in [-0.39, 0.29) is 24.9 Å². The van der Waals surface area contributed by atoms with Crippen LogP contribution in [0.2, 0.25) is 5.02 Å². The first-order chi connectivity index (χ1) is 14.8. The Hall–Kier alpha value is -2.63. The molecule has 31 heavy (non-hydrogen) atoms. The van der Waals surface area contributed by atoms with Gasteiger partial charge in [0.05, 0.1) is 40.2 Å². The predicted molar refractivity (Wildman–Crippen MR) is 119 cm³/mol. The largest absolute Gasteiger partial charge is 0.389 e. The molecule has 3 aromatic rings. The number of carbonyl (C=O) groups is 1. The summed E-state index contributed by atoms with van der Waals surface area (Å²) in [5.41, 5.74) is 1.31. The molecule has 8 nitrogen and oxygen atoms in total. The average molecular weight is 443 g/mol. The van der Waals surface area contributed by atoms with E-state index < -0.39 is 5.60 Å². The molecule has 164 valence electrons. The predicted octanol–water partition coefficient (Wildman–Crippen LogP) is 3.64. The van der Waals surface area contributed by atoms with Gasteiger partial charge in [0.25, 0.3) is 0 Å². The second-order valence-corrected chi connectivity index (χ2v) is 9.46. The van der Waals surface area contributed by atoms with Crippen LogP contribution < -0.4 is 5.32 Å². The number of hydrogen-bond acceptors (Lipinski definition) is 5. The number of pyridine rings is 1. The van der Waals surface area contributed by atoms with Crippen LogP contribution in [0.15, 0.2) is 12.4 Å². The highest BCUT2D eigenvalue weighted by Gasteiger charge is 2.28. The highest BCUT2D eigenvalue weighted by molar-refractivity contribution is 6.37. The summed E-state index contributed by atoms with van der Waals surface area (Å²) in [5.74, 6) is 0.895. The van der Waals surface area contributed by atoms with Gasteiger partial charge in [0.1, 0.15) is 17.0 Å². The fourth-order valence-corrected chi connectivity index (χ4v) is 4.69. The van der Waals surface area contributed by atoms with Crippen molar-refractivity contribution in [1.29, 1.82) is 5.26 Å². The van der Waals surface area contributed by atoms with Crippen molar-refractivity contribution in [3.63, 3.8) is 0 Å². The first-order valence-corrected chi connectivity index (χ1v) is 11.0. The number of nitrogens with zero attached hydrogens (tertiary/aromatic N) is 4. The second kappa shape index (κ2) is 8.48. The van der Waals surface area contributed by atoms with Crippen molar-refractivity contribution in [2.75, 3.05) is 6.54 Å². The van der Waals surface area contributed by atoms with Crippen LogP contribution in [0.1, 0.15) is 57.8 Å². The molecule has 0 saturated heterocycles. The third kappa shape index (κ3) is 4.53. The Morgan fingerprint density at radius 1 is 1.42 bits per heavy atom. The van der Waals surface area contributed by atoms with E-state index in [1.807, 2.05) is 0 Å². The molecule has 4 rings (SSSR count). The van der Waals surface area contributed by atoms with Gasteiger partial charge < -0.3 is 20.0 Å². The van der Waals surface area contributed by atoms with Crippen LogP contribution in [0.5, 0.6) is 0 Å². The van der Waals surface area contributed by atoms with E-state index in [0.29, 0.717) is 34.3 Å². The maximum atomic E-state index is 12.6. The van der Waals surface area contributed by atoms with E-state index >= 15 is 0 Å². The smallest absolute Gasteiger partial charge is 0.227 e. The van der Waals surface area contributed by atoms with Crippen LogP contribution in [0.3, 0.4) is 0 Å². The van der Waals surface area contributed by atoms with Crippen molar-refractivity contribution in [3.05, 3.63) is 23.2 Å². The van der Waals surface area contributed by atoms with Crippen LogP contribution in [-0.2, 0) is 11.2 Å². The van der Waals surface area contributed by atoms with Crippen molar-refractivity contribution in [2.45, 2.75) is 64.0 Å². The molecule has 1 saturated carbocycles. The Balaban J connectivity index is 1.72. The molecule has 0 bridgehead atoms. The monoisotopic (exact) mass is 442 g/mol. The number of hydrogen-bond donors (Lipinski definition) is 3. The minimum Gasteiger partial charge on any atom is -0.389 e. The summed E-state index contributed by atoms with van der Waals surface area (Å²) in [6, 6.07) is 2.46. The summed E-state index contributed by atoms with van der Waals surface area (Å²) in [5, 5.41) is 23.1. The fourth-order valence-electron chi connectivity index (χ4n) is 4.45. The average Bonchev–Trinajstić information content (AvgIpc) is 3.27. The number of rotatable bonds is 6. The molecule has 9 heteroatoms. The quantitative estimate of drug-likeness (QED) is 0.538. The molecule has 0 unspecified atom stereocenters. The number of carbonyl (C=O) groups excluding carboxylic acids is 1. The van der Waals surface area contributed by atoms with Gasteiger partial charge in [0.15, 0.2) is 0 Å². The molecule has 0 radical (unpaired) electrons. The number of nitriles is 1. The molecule has 3 aromatic heterocycles. The molecule has 3 N–H and O–H groups in total. The molecule has 1 aliphatic rings. The molecule has 0 aromatic carbocycles. The van der Waals surface area contributed by atoms with E-state index in [4.69, 9.17) is 21.8 Å². The molecule has 0 aliphatic heterocycles. The van der Waals surface area contributed by atoms with E-state index in [0.717, 1.165) is 36.6 Å². The normalized spacial score (nSPS) is 19.6. The Kier molecular flexibility index (Phi) is 5.91. The van der Waals surface area contributed by atoms with Crippen molar-refractivity contribution >= 4 is 39.6 Å². The van der Waals surface area contributed by atoms with Gasteiger partial charge in [-0.25, -0.2) is 9.97 Å². The number of nitrogens with one attached hydrogen (secondary N) is 2. The zero-order chi connectivity index (χ0) is 22.2. The van der Waals surface area contributed by atoms with Crippen LogP contribution in [0.25, 0.3) is 22.1 Å². The third-order valence-corrected chi connectivity index (χ3v) is 6.27. The third-order valence-electron chi connectivity index (χ3n) is 5.97.